The molecule has 0 atom stereocenters. The third-order valence-electron chi connectivity index (χ3n) is 5.28. The van der Waals surface area contributed by atoms with Gasteiger partial charge in [0.1, 0.15) is 12.7 Å². The topological polar surface area (TPSA) is 123 Å². The van der Waals surface area contributed by atoms with Crippen LogP contribution in [-0.2, 0) is 6.54 Å². The summed E-state index contributed by atoms with van der Waals surface area (Å²) in [4.78, 5) is 41.3. The van der Waals surface area contributed by atoms with Crippen molar-refractivity contribution in [2.75, 3.05) is 12.0 Å². The molecule has 4 rings (SSSR count). The van der Waals surface area contributed by atoms with Crippen LogP contribution in [0.4, 0.5) is 11.5 Å². The number of carbonyl (C=O) groups excluding carboxylic acids is 2. The van der Waals surface area contributed by atoms with Gasteiger partial charge in [0.2, 0.25) is 0 Å². The molecule has 0 radical (unpaired) electrons. The molecule has 0 unspecified atom stereocenters. The van der Waals surface area contributed by atoms with Crippen molar-refractivity contribution in [2.45, 2.75) is 27.3 Å². The minimum Gasteiger partial charge on any atom is -0.358 e. The van der Waals surface area contributed by atoms with Gasteiger partial charge < -0.3 is 10.1 Å². The van der Waals surface area contributed by atoms with Gasteiger partial charge in [0.05, 0.1) is 11.4 Å². The maximum atomic E-state index is 12.7. The van der Waals surface area contributed by atoms with Gasteiger partial charge >= 0.3 is 5.82 Å². The fourth-order valence-corrected chi connectivity index (χ4v) is 3.75. The first-order valence-electron chi connectivity index (χ1n) is 9.71. The Kier molecular flexibility index (Phi) is 4.97. The number of imide groups is 1. The third-order valence-corrected chi connectivity index (χ3v) is 5.28. The molecular weight excluding hydrogens is 400 g/mol. The molecule has 0 aliphatic carbocycles. The molecule has 1 aliphatic heterocycles. The zero-order valence-corrected chi connectivity index (χ0v) is 17.2. The number of carbonyl (C=O) groups is 2. The number of aromatic nitrogens is 2. The van der Waals surface area contributed by atoms with Gasteiger partial charge in [-0.3, -0.25) is 19.9 Å². The molecule has 10 nitrogen and oxygen atoms in total. The lowest BCUT2D eigenvalue weighted by atomic mass is 9.93. The van der Waals surface area contributed by atoms with E-state index in [1.54, 1.807) is 45.0 Å². The first-order valence-corrected chi connectivity index (χ1v) is 9.71. The predicted molar refractivity (Wildman–Crippen MR) is 115 cm³/mol. The Bertz CT molecular complexity index is 1250. The second-order valence-corrected chi connectivity index (χ2v) is 7.21. The zero-order valence-electron chi connectivity index (χ0n) is 17.2. The first-order chi connectivity index (χ1) is 14.8. The van der Waals surface area contributed by atoms with Gasteiger partial charge in [-0.05, 0) is 37.0 Å². The Morgan fingerprint density at radius 2 is 1.90 bits per heavy atom. The minimum atomic E-state index is -0.486. The molecule has 1 aliphatic rings. The highest BCUT2D eigenvalue weighted by Gasteiger charge is 2.32. The summed E-state index contributed by atoms with van der Waals surface area (Å²) in [5.74, 6) is -0.220. The highest BCUT2D eigenvalue weighted by atomic mass is 16.6. The van der Waals surface area contributed by atoms with E-state index in [4.69, 9.17) is 0 Å². The van der Waals surface area contributed by atoms with E-state index in [1.165, 1.54) is 15.7 Å². The summed E-state index contributed by atoms with van der Waals surface area (Å²) in [7, 11) is 0. The van der Waals surface area contributed by atoms with Crippen molar-refractivity contribution in [3.8, 4) is 0 Å². The molecular formula is C21H20N6O4. The van der Waals surface area contributed by atoms with E-state index in [1.807, 2.05) is 6.07 Å². The summed E-state index contributed by atoms with van der Waals surface area (Å²) >= 11 is 0. The number of imidazole rings is 1. The van der Waals surface area contributed by atoms with Crippen LogP contribution in [0.5, 0.6) is 0 Å². The van der Waals surface area contributed by atoms with E-state index in [9.17, 15) is 19.7 Å². The van der Waals surface area contributed by atoms with Crippen molar-refractivity contribution in [3.05, 3.63) is 63.6 Å². The summed E-state index contributed by atoms with van der Waals surface area (Å²) in [6, 6.07) is 8.72. The monoisotopic (exact) mass is 420 g/mol. The average Bonchev–Trinajstić information content (AvgIpc) is 3.11. The molecule has 0 saturated heterocycles. The van der Waals surface area contributed by atoms with Crippen LogP contribution in [0.25, 0.3) is 10.8 Å². The summed E-state index contributed by atoms with van der Waals surface area (Å²) in [5.41, 5.74) is 5.14. The molecule has 31 heavy (non-hydrogen) atoms. The molecule has 0 bridgehead atoms. The van der Waals surface area contributed by atoms with Crippen molar-refractivity contribution in [3.63, 3.8) is 0 Å². The summed E-state index contributed by atoms with van der Waals surface area (Å²) in [5, 5.41) is 16.8. The second kappa shape index (κ2) is 7.63. The lowest BCUT2D eigenvalue weighted by Crippen LogP contribution is -2.40. The van der Waals surface area contributed by atoms with Crippen molar-refractivity contribution >= 4 is 39.8 Å². The van der Waals surface area contributed by atoms with Crippen LogP contribution in [0.2, 0.25) is 0 Å². The van der Waals surface area contributed by atoms with Crippen LogP contribution < -0.4 is 5.43 Å². The van der Waals surface area contributed by atoms with E-state index in [2.05, 4.69) is 15.5 Å². The average molecular weight is 420 g/mol. The molecule has 0 saturated carbocycles. The van der Waals surface area contributed by atoms with Gasteiger partial charge in [0.25, 0.3) is 11.8 Å². The number of amides is 2. The molecule has 10 heteroatoms. The fourth-order valence-electron chi connectivity index (χ4n) is 3.75. The van der Waals surface area contributed by atoms with Crippen LogP contribution in [-0.4, -0.2) is 43.4 Å². The zero-order chi connectivity index (χ0) is 22.3. The molecule has 2 aromatic carbocycles. The number of anilines is 1. The van der Waals surface area contributed by atoms with E-state index in [-0.39, 0.29) is 24.2 Å². The van der Waals surface area contributed by atoms with E-state index in [0.717, 1.165) is 0 Å². The first kappa shape index (κ1) is 20.2. The van der Waals surface area contributed by atoms with Gasteiger partial charge in [0, 0.05) is 35.4 Å². The van der Waals surface area contributed by atoms with Gasteiger partial charge in [-0.2, -0.15) is 5.10 Å². The van der Waals surface area contributed by atoms with Crippen molar-refractivity contribution < 1.29 is 14.5 Å². The second-order valence-electron chi connectivity index (χ2n) is 7.21. The van der Waals surface area contributed by atoms with Crippen molar-refractivity contribution in [1.82, 2.24) is 14.5 Å². The number of nitrogens with one attached hydrogen (secondary N) is 1. The number of benzene rings is 2. The summed E-state index contributed by atoms with van der Waals surface area (Å²) in [6.07, 6.45) is 1.22. The Morgan fingerprint density at radius 3 is 2.58 bits per heavy atom. The molecule has 0 fully saturated rings. The standard InChI is InChI=1S/C21H20N6O4/c1-4-25-20(28)15-7-5-6-14-17(9-8-16(19(14)15)21(25)29)24-23-12(2)11-26-13(3)22-10-18(26)27(30)31/h5-10,24H,4,11H2,1-3H3/b23-12+. The van der Waals surface area contributed by atoms with Gasteiger partial charge in [-0.1, -0.05) is 12.1 Å². The van der Waals surface area contributed by atoms with Crippen molar-refractivity contribution in [1.29, 1.82) is 0 Å². The predicted octanol–water partition coefficient (Wildman–Crippen LogP) is 3.36. The number of nitro groups is 1. The highest BCUT2D eigenvalue weighted by Crippen LogP contribution is 2.34. The number of rotatable bonds is 6. The SMILES string of the molecule is CCN1C(=O)c2cccc3c(N/N=C(\C)Cn4c([N+](=O)[O-])cnc4C)ccc(c23)C1=O. The summed E-state index contributed by atoms with van der Waals surface area (Å²) < 4.78 is 1.47. The number of hydrogen-bond donors (Lipinski definition) is 1. The molecule has 158 valence electrons. The fraction of sp³-hybridized carbons (Fsp3) is 0.238. The Hall–Kier alpha value is -4.08. The molecule has 1 N–H and O–H groups in total. The van der Waals surface area contributed by atoms with Crippen LogP contribution >= 0.6 is 0 Å². The maximum Gasteiger partial charge on any atom is 0.343 e. The quantitative estimate of drug-likeness (QED) is 0.282. The molecule has 3 aromatic rings. The number of aryl methyl sites for hydroxylation is 1. The lowest BCUT2D eigenvalue weighted by Gasteiger charge is -2.26. The summed E-state index contributed by atoms with van der Waals surface area (Å²) in [6.45, 7) is 5.69. The smallest absolute Gasteiger partial charge is 0.343 e. The minimum absolute atomic E-state index is 0.105. The third kappa shape index (κ3) is 3.31. The molecule has 1 aromatic heterocycles. The van der Waals surface area contributed by atoms with E-state index < -0.39 is 4.92 Å². The van der Waals surface area contributed by atoms with Gasteiger partial charge in [-0.25, -0.2) is 9.55 Å². The van der Waals surface area contributed by atoms with Crippen LogP contribution in [0.3, 0.4) is 0 Å². The van der Waals surface area contributed by atoms with Crippen LogP contribution in [0.1, 0.15) is 40.4 Å². The number of hydrogen-bond acceptors (Lipinski definition) is 7. The largest absolute Gasteiger partial charge is 0.358 e. The normalized spacial score (nSPS) is 13.8. The van der Waals surface area contributed by atoms with Gasteiger partial charge in [0.15, 0.2) is 5.82 Å². The van der Waals surface area contributed by atoms with Gasteiger partial charge in [-0.15, -0.1) is 0 Å². The Morgan fingerprint density at radius 1 is 1.19 bits per heavy atom. The van der Waals surface area contributed by atoms with Crippen molar-refractivity contribution in [2.24, 2.45) is 5.10 Å². The van der Waals surface area contributed by atoms with E-state index in [0.29, 0.717) is 45.7 Å². The Labute approximate surface area is 177 Å². The molecule has 2 heterocycles. The van der Waals surface area contributed by atoms with Crippen LogP contribution in [0, 0.1) is 17.0 Å². The highest BCUT2D eigenvalue weighted by molar-refractivity contribution is 6.26. The maximum absolute atomic E-state index is 12.7. The van der Waals surface area contributed by atoms with E-state index >= 15 is 0 Å². The Balaban J connectivity index is 1.68. The lowest BCUT2D eigenvalue weighted by molar-refractivity contribution is -0.392. The number of nitrogens with zero attached hydrogens (tertiary/aromatic N) is 5. The molecule has 0 spiro atoms. The number of hydrazone groups is 1. The van der Waals surface area contributed by atoms with Crippen LogP contribution in [0.15, 0.2) is 41.6 Å². The molecule has 2 amide bonds.